The van der Waals surface area contributed by atoms with Crippen molar-refractivity contribution in [2.24, 2.45) is 10.2 Å². The average molecular weight is 661 g/mol. The summed E-state index contributed by atoms with van der Waals surface area (Å²) in [6.07, 6.45) is -7.10. The van der Waals surface area contributed by atoms with Crippen LogP contribution >= 0.6 is 15.9 Å². The van der Waals surface area contributed by atoms with Crippen LogP contribution in [0.15, 0.2) is 39.0 Å². The first-order chi connectivity index (χ1) is 20.3. The Morgan fingerprint density at radius 1 is 0.907 bits per heavy atom. The fraction of sp³-hybridized carbons (Fsp3) is 0.429. The monoisotopic (exact) mass is 660 g/mol. The van der Waals surface area contributed by atoms with E-state index in [2.05, 4.69) is 31.1 Å². The normalized spacial score (nSPS) is 21.4. The van der Waals surface area contributed by atoms with E-state index in [1.54, 1.807) is 38.1 Å². The molecule has 1 fully saturated rings. The summed E-state index contributed by atoms with van der Waals surface area (Å²) in [5.74, 6) is -3.24. The highest BCUT2D eigenvalue weighted by molar-refractivity contribution is 9.10. The molecular formula is C28H29BrN4O10. The van der Waals surface area contributed by atoms with Crippen LogP contribution in [0.5, 0.6) is 5.88 Å². The van der Waals surface area contributed by atoms with E-state index in [9.17, 15) is 24.4 Å². The van der Waals surface area contributed by atoms with E-state index >= 15 is 0 Å². The van der Waals surface area contributed by atoms with Crippen molar-refractivity contribution in [3.8, 4) is 11.9 Å². The first-order valence-electron chi connectivity index (χ1n) is 12.9. The number of esters is 4. The Kier molecular flexibility index (Phi) is 11.3. The maximum Gasteiger partial charge on any atom is 0.303 e. The van der Waals surface area contributed by atoms with Gasteiger partial charge in [0.2, 0.25) is 18.3 Å². The number of nitrogens with zero attached hydrogens (tertiary/aromatic N) is 4. The van der Waals surface area contributed by atoms with Gasteiger partial charge in [-0.25, -0.2) is 4.98 Å². The molecule has 43 heavy (non-hydrogen) atoms. The standard InChI is InChI=1S/C28H29BrN4O10/c1-13-21(11-30)27(31-14(2)23(13)33-32-20-9-7-19(29)8-10-20)43-28-26(41-18(6)37)25(40-17(5)36)24(39-16(4)35)22(42-28)12-38-15(3)34/h7-10,22,24-26,28H,12H2,1-6H3/t22-,24-,25+,26-,28+/m1/s1. The van der Waals surface area contributed by atoms with Crippen molar-refractivity contribution in [2.45, 2.75) is 72.2 Å². The molecule has 0 saturated carbocycles. The Bertz CT molecular complexity index is 1460. The Hall–Kier alpha value is -4.42. The smallest absolute Gasteiger partial charge is 0.303 e. The zero-order chi connectivity index (χ0) is 31.8. The Morgan fingerprint density at radius 2 is 1.49 bits per heavy atom. The molecule has 0 spiro atoms. The zero-order valence-electron chi connectivity index (χ0n) is 24.2. The lowest BCUT2D eigenvalue weighted by molar-refractivity contribution is -0.289. The van der Waals surface area contributed by atoms with Crippen LogP contribution < -0.4 is 4.74 Å². The minimum absolute atomic E-state index is 0.0248. The molecule has 1 aromatic heterocycles. The van der Waals surface area contributed by atoms with E-state index in [1.807, 2.05) is 6.07 Å². The highest BCUT2D eigenvalue weighted by Gasteiger charge is 2.53. The SMILES string of the molecule is CC(=O)OC[C@H]1O[C@@H](Oc2nc(C)c(N=Nc3ccc(Br)cc3)c(C)c2C#N)[C@H](OC(C)=O)[C@@H](OC(C)=O)[C@@H]1OC(C)=O. The Balaban J connectivity index is 2.06. The quantitative estimate of drug-likeness (QED) is 0.212. The molecule has 14 nitrogen and oxygen atoms in total. The van der Waals surface area contributed by atoms with Crippen molar-refractivity contribution in [3.05, 3.63) is 45.6 Å². The van der Waals surface area contributed by atoms with E-state index in [0.717, 1.165) is 32.2 Å². The Morgan fingerprint density at radius 3 is 2.05 bits per heavy atom. The summed E-state index contributed by atoms with van der Waals surface area (Å²) < 4.78 is 34.1. The summed E-state index contributed by atoms with van der Waals surface area (Å²) in [5, 5.41) is 18.5. The summed E-state index contributed by atoms with van der Waals surface area (Å²) >= 11 is 3.36. The van der Waals surface area contributed by atoms with Crippen molar-refractivity contribution >= 4 is 51.2 Å². The third kappa shape index (κ3) is 8.79. The topological polar surface area (TPSA) is 185 Å². The second kappa shape index (κ2) is 14.7. The summed E-state index contributed by atoms with van der Waals surface area (Å²) in [7, 11) is 0. The number of aromatic nitrogens is 1. The van der Waals surface area contributed by atoms with Gasteiger partial charge in [0.25, 0.3) is 0 Å². The van der Waals surface area contributed by atoms with Crippen LogP contribution in [-0.4, -0.2) is 66.2 Å². The van der Waals surface area contributed by atoms with Gasteiger partial charge in [0.15, 0.2) is 12.2 Å². The number of aryl methyl sites for hydroxylation is 1. The lowest BCUT2D eigenvalue weighted by Gasteiger charge is -2.43. The number of ether oxygens (including phenoxy) is 6. The van der Waals surface area contributed by atoms with E-state index in [-0.39, 0.29) is 11.4 Å². The van der Waals surface area contributed by atoms with Gasteiger partial charge in [-0.2, -0.15) is 10.4 Å². The van der Waals surface area contributed by atoms with Gasteiger partial charge in [0.1, 0.15) is 30.0 Å². The van der Waals surface area contributed by atoms with Crippen LogP contribution in [0.3, 0.4) is 0 Å². The maximum absolute atomic E-state index is 12.1. The van der Waals surface area contributed by atoms with Crippen molar-refractivity contribution in [1.29, 1.82) is 5.26 Å². The van der Waals surface area contributed by atoms with Crippen LogP contribution in [0.25, 0.3) is 0 Å². The van der Waals surface area contributed by atoms with E-state index in [4.69, 9.17) is 28.4 Å². The van der Waals surface area contributed by atoms with E-state index in [1.165, 1.54) is 0 Å². The molecule has 1 aliphatic rings. The molecule has 3 rings (SSSR count). The largest absolute Gasteiger partial charge is 0.463 e. The third-order valence-electron chi connectivity index (χ3n) is 5.94. The highest BCUT2D eigenvalue weighted by atomic mass is 79.9. The van der Waals surface area contributed by atoms with Crippen molar-refractivity contribution < 1.29 is 47.6 Å². The van der Waals surface area contributed by atoms with Crippen LogP contribution in [0.4, 0.5) is 11.4 Å². The van der Waals surface area contributed by atoms with Crippen molar-refractivity contribution in [3.63, 3.8) is 0 Å². The number of hydrogen-bond acceptors (Lipinski definition) is 14. The van der Waals surface area contributed by atoms with Crippen LogP contribution in [0, 0.1) is 25.2 Å². The molecule has 5 atom stereocenters. The van der Waals surface area contributed by atoms with E-state index in [0.29, 0.717) is 22.6 Å². The predicted molar refractivity (Wildman–Crippen MR) is 149 cm³/mol. The van der Waals surface area contributed by atoms with Gasteiger partial charge in [-0.15, -0.1) is 5.11 Å². The zero-order valence-corrected chi connectivity index (χ0v) is 25.7. The molecule has 0 radical (unpaired) electrons. The van der Waals surface area contributed by atoms with Crippen LogP contribution in [0.2, 0.25) is 0 Å². The second-order valence-corrected chi connectivity index (χ2v) is 10.2. The lowest BCUT2D eigenvalue weighted by atomic mass is 9.98. The fourth-order valence-corrected chi connectivity index (χ4v) is 4.45. The summed E-state index contributed by atoms with van der Waals surface area (Å²) in [4.78, 5) is 52.1. The molecule has 0 N–H and O–H groups in total. The van der Waals surface area contributed by atoms with Gasteiger partial charge in [-0.3, -0.25) is 19.2 Å². The molecule has 2 aromatic rings. The number of rotatable bonds is 9. The first-order valence-corrected chi connectivity index (χ1v) is 13.7. The average Bonchev–Trinajstić information content (AvgIpc) is 2.91. The fourth-order valence-electron chi connectivity index (χ4n) is 4.18. The molecule has 15 heteroatoms. The van der Waals surface area contributed by atoms with Crippen molar-refractivity contribution in [1.82, 2.24) is 4.98 Å². The second-order valence-electron chi connectivity index (χ2n) is 9.32. The van der Waals surface area contributed by atoms with Gasteiger partial charge in [-0.1, -0.05) is 15.9 Å². The lowest BCUT2D eigenvalue weighted by Crippen LogP contribution is -2.63. The number of hydrogen-bond donors (Lipinski definition) is 0. The van der Waals surface area contributed by atoms with Gasteiger partial charge < -0.3 is 28.4 Å². The minimum Gasteiger partial charge on any atom is -0.463 e. The van der Waals surface area contributed by atoms with Crippen LogP contribution in [-0.2, 0) is 42.9 Å². The molecule has 0 amide bonds. The molecule has 2 heterocycles. The number of carbonyl (C=O) groups is 4. The number of nitriles is 1. The number of carbonyl (C=O) groups excluding carboxylic acids is 4. The molecule has 1 aliphatic heterocycles. The Labute approximate surface area is 255 Å². The van der Waals surface area contributed by atoms with Gasteiger partial charge >= 0.3 is 23.9 Å². The van der Waals surface area contributed by atoms with Gasteiger partial charge in [0, 0.05) is 37.7 Å². The van der Waals surface area contributed by atoms with E-state index < -0.39 is 61.2 Å². The molecule has 1 saturated heterocycles. The number of azo groups is 1. The number of halogens is 1. The molecule has 1 aromatic carbocycles. The van der Waals surface area contributed by atoms with Gasteiger partial charge in [-0.05, 0) is 38.1 Å². The molecule has 228 valence electrons. The van der Waals surface area contributed by atoms with Crippen LogP contribution in [0.1, 0.15) is 44.5 Å². The predicted octanol–water partition coefficient (Wildman–Crippen LogP) is 4.21. The summed E-state index contributed by atoms with van der Waals surface area (Å²) in [6.45, 7) is 7.30. The molecule has 0 unspecified atom stereocenters. The maximum atomic E-state index is 12.1. The van der Waals surface area contributed by atoms with Crippen molar-refractivity contribution in [2.75, 3.05) is 6.61 Å². The summed E-state index contributed by atoms with van der Waals surface area (Å²) in [6, 6.07) is 9.13. The number of pyridine rings is 1. The highest BCUT2D eigenvalue weighted by Crippen LogP contribution is 2.35. The summed E-state index contributed by atoms with van der Waals surface area (Å²) in [5.41, 5.74) is 1.60. The molecule has 0 bridgehead atoms. The molecular weight excluding hydrogens is 632 g/mol. The third-order valence-corrected chi connectivity index (χ3v) is 6.46. The van der Waals surface area contributed by atoms with Gasteiger partial charge in [0.05, 0.1) is 11.4 Å². The minimum atomic E-state index is -1.56. The number of benzene rings is 1. The first kappa shape index (κ1) is 33.1. The molecule has 0 aliphatic carbocycles.